The molecule has 2 atom stereocenters. The second kappa shape index (κ2) is 8.32. The minimum atomic E-state index is -1.03. The predicted molar refractivity (Wildman–Crippen MR) is 132 cm³/mol. The highest BCUT2D eigenvalue weighted by Gasteiger charge is 2.60. The number of aromatic hydroxyl groups is 1. The number of nitrogens with one attached hydrogen (secondary N) is 1. The number of imide groups is 1. The lowest BCUT2D eigenvalue weighted by molar-refractivity contribution is -0.133. The minimum Gasteiger partial charge on any atom is -0.508 e. The zero-order chi connectivity index (χ0) is 24.2. The highest BCUT2D eigenvalue weighted by atomic mass is 35.5. The maximum Gasteiger partial charge on any atom is 0.328 e. The van der Waals surface area contributed by atoms with E-state index in [1.54, 1.807) is 23.1 Å². The zero-order valence-electron chi connectivity index (χ0n) is 19.6. The summed E-state index contributed by atoms with van der Waals surface area (Å²) in [5.74, 6) is -0.0632. The third-order valence-electron chi connectivity index (χ3n) is 7.28. The molecule has 1 saturated heterocycles. The number of phenolic OH excluding ortho intramolecular Hbond substituents is 1. The predicted octanol–water partition coefficient (Wildman–Crippen LogP) is 4.54. The van der Waals surface area contributed by atoms with Crippen molar-refractivity contribution in [3.05, 3.63) is 64.3 Å². The summed E-state index contributed by atoms with van der Waals surface area (Å²) in [5, 5.41) is 11.8. The Morgan fingerprint density at radius 3 is 2.76 bits per heavy atom. The lowest BCUT2D eigenvalue weighted by Crippen LogP contribution is -2.53. The SMILES string of the molecule is CCN(C)CCCN1C(=O)N2C(c3cccc(O)c3)c3[nH]c4ccc(Cl)cc4c3CC2(C)C1=O. The summed E-state index contributed by atoms with van der Waals surface area (Å²) < 4.78 is 0. The van der Waals surface area contributed by atoms with Gasteiger partial charge in [0.2, 0.25) is 0 Å². The Morgan fingerprint density at radius 1 is 1.24 bits per heavy atom. The van der Waals surface area contributed by atoms with Crippen molar-refractivity contribution in [1.82, 2.24) is 19.7 Å². The molecule has 2 aliphatic heterocycles. The molecule has 0 spiro atoms. The van der Waals surface area contributed by atoms with Gasteiger partial charge in [0, 0.05) is 34.6 Å². The van der Waals surface area contributed by atoms with Gasteiger partial charge in [-0.1, -0.05) is 30.7 Å². The van der Waals surface area contributed by atoms with E-state index in [-0.39, 0.29) is 17.7 Å². The lowest BCUT2D eigenvalue weighted by Gasteiger charge is -2.42. The zero-order valence-corrected chi connectivity index (χ0v) is 20.4. The van der Waals surface area contributed by atoms with E-state index in [0.29, 0.717) is 24.4 Å². The molecule has 3 aromatic rings. The van der Waals surface area contributed by atoms with Crippen molar-refractivity contribution in [3.8, 4) is 5.75 Å². The molecule has 2 aromatic carbocycles. The molecule has 0 bridgehead atoms. The molecule has 1 aromatic heterocycles. The second-order valence-corrected chi connectivity index (χ2v) is 9.95. The van der Waals surface area contributed by atoms with Gasteiger partial charge in [-0.25, -0.2) is 4.79 Å². The summed E-state index contributed by atoms with van der Waals surface area (Å²) in [6, 6.07) is 11.7. The molecule has 178 valence electrons. The van der Waals surface area contributed by atoms with Gasteiger partial charge in [-0.15, -0.1) is 0 Å². The number of halogens is 1. The fourth-order valence-corrected chi connectivity index (χ4v) is 5.55. The number of H-pyrrole nitrogens is 1. The molecule has 3 amide bonds. The topological polar surface area (TPSA) is 79.9 Å². The monoisotopic (exact) mass is 480 g/mol. The number of carbonyl (C=O) groups excluding carboxylic acids is 2. The highest BCUT2D eigenvalue weighted by molar-refractivity contribution is 6.31. The summed E-state index contributed by atoms with van der Waals surface area (Å²) in [7, 11) is 2.03. The van der Waals surface area contributed by atoms with Gasteiger partial charge in [0.15, 0.2) is 0 Å². The summed E-state index contributed by atoms with van der Waals surface area (Å²) in [4.78, 5) is 36.3. The van der Waals surface area contributed by atoms with Crippen molar-refractivity contribution < 1.29 is 14.7 Å². The van der Waals surface area contributed by atoms with Crippen molar-refractivity contribution in [2.24, 2.45) is 0 Å². The molecular weight excluding hydrogens is 452 g/mol. The maximum atomic E-state index is 13.8. The van der Waals surface area contributed by atoms with Gasteiger partial charge >= 0.3 is 6.03 Å². The van der Waals surface area contributed by atoms with Gasteiger partial charge < -0.3 is 15.0 Å². The largest absolute Gasteiger partial charge is 0.508 e. The van der Waals surface area contributed by atoms with Crippen LogP contribution in [0.5, 0.6) is 5.75 Å². The smallest absolute Gasteiger partial charge is 0.328 e. The Morgan fingerprint density at radius 2 is 2.03 bits per heavy atom. The van der Waals surface area contributed by atoms with E-state index in [1.807, 2.05) is 38.2 Å². The summed E-state index contributed by atoms with van der Waals surface area (Å²) >= 11 is 6.32. The summed E-state index contributed by atoms with van der Waals surface area (Å²) in [6.07, 6.45) is 1.11. The molecule has 3 heterocycles. The first-order valence-electron chi connectivity index (χ1n) is 11.7. The number of phenols is 1. The van der Waals surface area contributed by atoms with Crippen LogP contribution in [0.4, 0.5) is 4.79 Å². The Hall–Kier alpha value is -3.03. The number of urea groups is 1. The fraction of sp³-hybridized carbons (Fsp3) is 0.385. The van der Waals surface area contributed by atoms with Gasteiger partial charge in [-0.05, 0) is 74.9 Å². The van der Waals surface area contributed by atoms with Crippen molar-refractivity contribution in [1.29, 1.82) is 0 Å². The molecule has 1 fully saturated rings. The standard InChI is InChI=1S/C26H29ClN4O3/c1-4-29(3)11-6-12-30-24(33)26(2)15-20-19-14-17(27)9-10-21(19)28-22(20)23(31(26)25(30)34)16-7-5-8-18(32)13-16/h5,7-10,13-14,23,28,32H,4,6,11-12,15H2,1-3H3. The van der Waals surface area contributed by atoms with E-state index >= 15 is 0 Å². The Labute approximate surface area is 203 Å². The van der Waals surface area contributed by atoms with Crippen LogP contribution < -0.4 is 0 Å². The molecule has 34 heavy (non-hydrogen) atoms. The Balaban J connectivity index is 1.63. The lowest BCUT2D eigenvalue weighted by atomic mass is 9.81. The molecule has 5 rings (SSSR count). The van der Waals surface area contributed by atoms with Gasteiger partial charge in [-0.2, -0.15) is 0 Å². The van der Waals surface area contributed by atoms with Gasteiger partial charge in [0.05, 0.1) is 0 Å². The Bertz CT molecular complexity index is 1290. The first-order valence-corrected chi connectivity index (χ1v) is 12.0. The first kappa shape index (κ1) is 22.7. The van der Waals surface area contributed by atoms with Crippen molar-refractivity contribution >= 4 is 34.4 Å². The number of aromatic amines is 1. The van der Waals surface area contributed by atoms with Crippen LogP contribution >= 0.6 is 11.6 Å². The minimum absolute atomic E-state index is 0.114. The van der Waals surface area contributed by atoms with Gasteiger partial charge in [0.1, 0.15) is 17.3 Å². The molecule has 0 aliphatic carbocycles. The number of benzene rings is 2. The van der Waals surface area contributed by atoms with E-state index in [4.69, 9.17) is 11.6 Å². The number of nitrogens with zero attached hydrogens (tertiary/aromatic N) is 3. The molecule has 2 unspecified atom stereocenters. The quantitative estimate of drug-likeness (QED) is 0.508. The van der Waals surface area contributed by atoms with Crippen LogP contribution in [0, 0.1) is 0 Å². The van der Waals surface area contributed by atoms with E-state index in [1.165, 1.54) is 4.90 Å². The second-order valence-electron chi connectivity index (χ2n) is 9.51. The summed E-state index contributed by atoms with van der Waals surface area (Å²) in [6.45, 7) is 6.03. The average molecular weight is 481 g/mol. The van der Waals surface area contributed by atoms with Gasteiger partial charge in [-0.3, -0.25) is 14.6 Å². The average Bonchev–Trinajstić information content (AvgIpc) is 3.24. The van der Waals surface area contributed by atoms with Crippen LogP contribution in [0.15, 0.2) is 42.5 Å². The molecular formula is C26H29ClN4O3. The molecule has 8 heteroatoms. The molecule has 0 saturated carbocycles. The normalized spacial score (nSPS) is 22.1. The number of rotatable bonds is 6. The third-order valence-corrected chi connectivity index (χ3v) is 7.51. The van der Waals surface area contributed by atoms with Gasteiger partial charge in [0.25, 0.3) is 5.91 Å². The number of fused-ring (bicyclic) bond motifs is 4. The van der Waals surface area contributed by atoms with Crippen molar-refractivity contribution in [2.45, 2.75) is 38.3 Å². The van der Waals surface area contributed by atoms with E-state index in [0.717, 1.165) is 40.8 Å². The van der Waals surface area contributed by atoms with E-state index < -0.39 is 11.6 Å². The third kappa shape index (κ3) is 3.46. The molecule has 0 radical (unpaired) electrons. The van der Waals surface area contributed by atoms with Crippen molar-refractivity contribution in [3.63, 3.8) is 0 Å². The number of amides is 3. The van der Waals surface area contributed by atoms with Crippen LogP contribution in [-0.2, 0) is 11.2 Å². The Kier molecular flexibility index (Phi) is 5.57. The number of hydrogen-bond donors (Lipinski definition) is 2. The number of carbonyl (C=O) groups is 2. The molecule has 2 aliphatic rings. The van der Waals surface area contributed by atoms with Crippen LogP contribution in [-0.4, -0.2) is 68.9 Å². The van der Waals surface area contributed by atoms with Crippen LogP contribution in [0.1, 0.15) is 43.1 Å². The summed E-state index contributed by atoms with van der Waals surface area (Å²) in [5.41, 5.74) is 2.46. The first-order chi connectivity index (χ1) is 16.2. The fourth-order valence-electron chi connectivity index (χ4n) is 5.38. The van der Waals surface area contributed by atoms with Crippen LogP contribution in [0.2, 0.25) is 5.02 Å². The van der Waals surface area contributed by atoms with Crippen LogP contribution in [0.3, 0.4) is 0 Å². The molecule has 2 N–H and O–H groups in total. The van der Waals surface area contributed by atoms with Crippen LogP contribution in [0.25, 0.3) is 10.9 Å². The number of hydrogen-bond acceptors (Lipinski definition) is 4. The van der Waals surface area contributed by atoms with E-state index in [9.17, 15) is 14.7 Å². The number of aromatic nitrogens is 1. The molecule has 7 nitrogen and oxygen atoms in total. The van der Waals surface area contributed by atoms with E-state index in [2.05, 4.69) is 16.8 Å². The highest BCUT2D eigenvalue weighted by Crippen LogP contribution is 2.49. The van der Waals surface area contributed by atoms with Crippen molar-refractivity contribution in [2.75, 3.05) is 26.7 Å². The maximum absolute atomic E-state index is 13.8.